The first-order chi connectivity index (χ1) is 10.2. The molecule has 1 unspecified atom stereocenters. The third-order valence-electron chi connectivity index (χ3n) is 3.46. The molecular weight excluding hydrogens is 262 g/mol. The van der Waals surface area contributed by atoms with E-state index < -0.39 is 0 Å². The van der Waals surface area contributed by atoms with Gasteiger partial charge in [-0.1, -0.05) is 55.5 Å². The van der Waals surface area contributed by atoms with Gasteiger partial charge < -0.3 is 10.1 Å². The molecule has 0 aliphatic rings. The molecule has 21 heavy (non-hydrogen) atoms. The van der Waals surface area contributed by atoms with E-state index in [1.807, 2.05) is 43.3 Å². The summed E-state index contributed by atoms with van der Waals surface area (Å²) in [5.74, 6) is -0.358. The summed E-state index contributed by atoms with van der Waals surface area (Å²) in [5.41, 5.74) is 3.56. The number of anilines is 1. The number of rotatable bonds is 6. The van der Waals surface area contributed by atoms with Crippen LogP contribution in [0.4, 0.5) is 5.69 Å². The number of carbonyl (C=O) groups is 1. The van der Waals surface area contributed by atoms with Crippen LogP contribution in [0.2, 0.25) is 0 Å². The van der Waals surface area contributed by atoms with E-state index in [1.165, 1.54) is 18.2 Å². The normalized spacial score (nSPS) is 11.7. The predicted octanol–water partition coefficient (Wildman–Crippen LogP) is 3.50. The Morgan fingerprint density at radius 1 is 1.10 bits per heavy atom. The Labute approximate surface area is 126 Å². The largest absolute Gasteiger partial charge is 0.469 e. The van der Waals surface area contributed by atoms with E-state index in [2.05, 4.69) is 23.5 Å². The minimum absolute atomic E-state index is 0.167. The highest BCUT2D eigenvalue weighted by molar-refractivity contribution is 5.72. The van der Waals surface area contributed by atoms with E-state index in [4.69, 9.17) is 4.74 Å². The van der Waals surface area contributed by atoms with Crippen molar-refractivity contribution in [1.29, 1.82) is 0 Å². The summed E-state index contributed by atoms with van der Waals surface area (Å²) in [7, 11) is 1.42. The maximum absolute atomic E-state index is 11.4. The maximum atomic E-state index is 11.4. The molecule has 3 heteroatoms. The van der Waals surface area contributed by atoms with Gasteiger partial charge >= 0.3 is 5.97 Å². The SMILES string of the molecule is COC(=O)C(C)CNc1ccccc1Cc1ccccc1. The van der Waals surface area contributed by atoms with Crippen molar-refractivity contribution in [2.24, 2.45) is 5.92 Å². The van der Waals surface area contributed by atoms with Crippen LogP contribution < -0.4 is 5.32 Å². The molecule has 0 heterocycles. The lowest BCUT2D eigenvalue weighted by atomic mass is 10.0. The van der Waals surface area contributed by atoms with Crippen LogP contribution in [0.25, 0.3) is 0 Å². The molecule has 0 saturated heterocycles. The zero-order valence-electron chi connectivity index (χ0n) is 12.5. The highest BCUT2D eigenvalue weighted by Gasteiger charge is 2.13. The monoisotopic (exact) mass is 283 g/mol. The van der Waals surface area contributed by atoms with Gasteiger partial charge in [-0.05, 0) is 23.6 Å². The van der Waals surface area contributed by atoms with Crippen molar-refractivity contribution >= 4 is 11.7 Å². The van der Waals surface area contributed by atoms with Gasteiger partial charge in [-0.2, -0.15) is 0 Å². The second kappa shape index (κ2) is 7.48. The third kappa shape index (κ3) is 4.35. The number of ether oxygens (including phenoxy) is 1. The highest BCUT2D eigenvalue weighted by Crippen LogP contribution is 2.19. The van der Waals surface area contributed by atoms with Gasteiger partial charge in [0.1, 0.15) is 0 Å². The molecule has 0 aromatic heterocycles. The van der Waals surface area contributed by atoms with Gasteiger partial charge in [0.25, 0.3) is 0 Å². The van der Waals surface area contributed by atoms with Gasteiger partial charge in [0, 0.05) is 12.2 Å². The Morgan fingerprint density at radius 2 is 1.76 bits per heavy atom. The Hall–Kier alpha value is -2.29. The average Bonchev–Trinajstić information content (AvgIpc) is 2.54. The number of hydrogen-bond acceptors (Lipinski definition) is 3. The zero-order valence-corrected chi connectivity index (χ0v) is 12.5. The molecule has 3 nitrogen and oxygen atoms in total. The minimum Gasteiger partial charge on any atom is -0.469 e. The van der Waals surface area contributed by atoms with Crippen molar-refractivity contribution < 1.29 is 9.53 Å². The molecule has 0 radical (unpaired) electrons. The maximum Gasteiger partial charge on any atom is 0.310 e. The van der Waals surface area contributed by atoms with Crippen molar-refractivity contribution in [3.8, 4) is 0 Å². The molecular formula is C18H21NO2. The summed E-state index contributed by atoms with van der Waals surface area (Å²) >= 11 is 0. The molecule has 0 aliphatic carbocycles. The van der Waals surface area contributed by atoms with Crippen molar-refractivity contribution in [3.05, 3.63) is 65.7 Å². The second-order valence-electron chi connectivity index (χ2n) is 5.12. The van der Waals surface area contributed by atoms with Crippen LogP contribution >= 0.6 is 0 Å². The van der Waals surface area contributed by atoms with E-state index >= 15 is 0 Å². The molecule has 0 fully saturated rings. The number of methoxy groups -OCH3 is 1. The van der Waals surface area contributed by atoms with Crippen LogP contribution in [0.15, 0.2) is 54.6 Å². The number of benzene rings is 2. The van der Waals surface area contributed by atoms with Gasteiger partial charge in [-0.25, -0.2) is 0 Å². The molecule has 2 aromatic rings. The fourth-order valence-corrected chi connectivity index (χ4v) is 2.21. The van der Waals surface area contributed by atoms with Crippen molar-refractivity contribution in [1.82, 2.24) is 0 Å². The number of esters is 1. The van der Waals surface area contributed by atoms with Gasteiger partial charge in [-0.15, -0.1) is 0 Å². The molecule has 2 aromatic carbocycles. The van der Waals surface area contributed by atoms with Gasteiger partial charge in [0.05, 0.1) is 13.0 Å². The summed E-state index contributed by atoms with van der Waals surface area (Å²) < 4.78 is 4.75. The number of nitrogens with one attached hydrogen (secondary N) is 1. The third-order valence-corrected chi connectivity index (χ3v) is 3.46. The standard InChI is InChI=1S/C18H21NO2/c1-14(18(20)21-2)13-19-17-11-7-6-10-16(17)12-15-8-4-3-5-9-15/h3-11,14,19H,12-13H2,1-2H3. The molecule has 0 aliphatic heterocycles. The first kappa shape index (κ1) is 15.1. The summed E-state index contributed by atoms with van der Waals surface area (Å²) in [4.78, 5) is 11.4. The minimum atomic E-state index is -0.192. The molecule has 1 atom stereocenters. The van der Waals surface area contributed by atoms with Crippen LogP contribution in [0.1, 0.15) is 18.1 Å². The first-order valence-corrected chi connectivity index (χ1v) is 7.14. The summed E-state index contributed by atoms with van der Waals surface area (Å²) in [6.07, 6.45) is 0.872. The number of carbonyl (C=O) groups excluding carboxylic acids is 1. The number of hydrogen-bond donors (Lipinski definition) is 1. The quantitative estimate of drug-likeness (QED) is 0.825. The summed E-state index contributed by atoms with van der Waals surface area (Å²) in [6.45, 7) is 2.43. The van der Waals surface area contributed by atoms with Crippen molar-refractivity contribution in [2.75, 3.05) is 19.0 Å². The molecule has 1 N–H and O–H groups in total. The summed E-state index contributed by atoms with van der Waals surface area (Å²) in [5, 5.41) is 3.35. The second-order valence-corrected chi connectivity index (χ2v) is 5.12. The predicted molar refractivity (Wildman–Crippen MR) is 85.4 cm³/mol. The molecule has 0 amide bonds. The van der Waals surface area contributed by atoms with Crippen LogP contribution in [-0.4, -0.2) is 19.6 Å². The lowest BCUT2D eigenvalue weighted by Gasteiger charge is -2.15. The van der Waals surface area contributed by atoms with Crippen LogP contribution in [0.5, 0.6) is 0 Å². The van der Waals surface area contributed by atoms with E-state index in [1.54, 1.807) is 0 Å². The Balaban J connectivity index is 2.05. The fraction of sp³-hybridized carbons (Fsp3) is 0.278. The smallest absolute Gasteiger partial charge is 0.310 e. The van der Waals surface area contributed by atoms with Gasteiger partial charge in [0.2, 0.25) is 0 Å². The van der Waals surface area contributed by atoms with E-state index in [0.717, 1.165) is 12.1 Å². The van der Waals surface area contributed by atoms with Crippen LogP contribution in [0.3, 0.4) is 0 Å². The zero-order chi connectivity index (χ0) is 15.1. The molecule has 0 spiro atoms. The van der Waals surface area contributed by atoms with Crippen LogP contribution in [-0.2, 0) is 16.0 Å². The molecule has 2 rings (SSSR count). The summed E-state index contributed by atoms with van der Waals surface area (Å²) in [6, 6.07) is 18.5. The lowest BCUT2D eigenvalue weighted by Crippen LogP contribution is -2.21. The number of para-hydroxylation sites is 1. The Bertz CT molecular complexity index is 581. The highest BCUT2D eigenvalue weighted by atomic mass is 16.5. The average molecular weight is 283 g/mol. The van der Waals surface area contributed by atoms with E-state index in [0.29, 0.717) is 6.54 Å². The van der Waals surface area contributed by atoms with E-state index in [-0.39, 0.29) is 11.9 Å². The van der Waals surface area contributed by atoms with Crippen LogP contribution in [0, 0.1) is 5.92 Å². The molecule has 0 saturated carbocycles. The topological polar surface area (TPSA) is 38.3 Å². The Kier molecular flexibility index (Phi) is 5.38. The van der Waals surface area contributed by atoms with Crippen molar-refractivity contribution in [3.63, 3.8) is 0 Å². The first-order valence-electron chi connectivity index (χ1n) is 7.14. The van der Waals surface area contributed by atoms with Crippen molar-refractivity contribution in [2.45, 2.75) is 13.3 Å². The lowest BCUT2D eigenvalue weighted by molar-refractivity contribution is -0.144. The van der Waals surface area contributed by atoms with E-state index in [9.17, 15) is 4.79 Å². The molecule has 0 bridgehead atoms. The van der Waals surface area contributed by atoms with Gasteiger partial charge in [0.15, 0.2) is 0 Å². The fourth-order valence-electron chi connectivity index (χ4n) is 2.21. The Morgan fingerprint density at radius 3 is 2.48 bits per heavy atom. The van der Waals surface area contributed by atoms with Gasteiger partial charge in [-0.3, -0.25) is 4.79 Å². The molecule has 110 valence electrons.